The Morgan fingerprint density at radius 1 is 1.33 bits per heavy atom. The molecule has 0 unspecified atom stereocenters. The maximum absolute atomic E-state index is 11.9. The van der Waals surface area contributed by atoms with E-state index in [-0.39, 0.29) is 11.4 Å². The lowest BCUT2D eigenvalue weighted by molar-refractivity contribution is 0.579. The molecular weight excluding hydrogens is 250 g/mol. The summed E-state index contributed by atoms with van der Waals surface area (Å²) in [6.07, 6.45) is 0.792. The zero-order chi connectivity index (χ0) is 13.6. The van der Waals surface area contributed by atoms with Gasteiger partial charge in [-0.2, -0.15) is 10.5 Å². The third-order valence-electron chi connectivity index (χ3n) is 2.39. The van der Waals surface area contributed by atoms with Gasteiger partial charge in [-0.25, -0.2) is 13.1 Å². The van der Waals surface area contributed by atoms with Gasteiger partial charge in [0, 0.05) is 13.0 Å². The van der Waals surface area contributed by atoms with E-state index in [0.717, 1.165) is 0 Å². The van der Waals surface area contributed by atoms with Crippen molar-refractivity contribution in [1.29, 1.82) is 10.5 Å². The lowest BCUT2D eigenvalue weighted by Crippen LogP contribution is -2.24. The van der Waals surface area contributed by atoms with E-state index in [9.17, 15) is 8.42 Å². The van der Waals surface area contributed by atoms with Crippen LogP contribution in [0.1, 0.15) is 24.0 Å². The third-order valence-corrected chi connectivity index (χ3v) is 3.84. The first-order valence-corrected chi connectivity index (χ1v) is 6.87. The number of hydrogen-bond acceptors (Lipinski definition) is 4. The molecule has 1 rings (SSSR count). The van der Waals surface area contributed by atoms with Crippen LogP contribution in [-0.4, -0.2) is 15.0 Å². The molecule has 1 aromatic rings. The summed E-state index contributed by atoms with van der Waals surface area (Å²) in [6.45, 7) is 1.92. The van der Waals surface area contributed by atoms with Crippen molar-refractivity contribution in [3.63, 3.8) is 0 Å². The Hall–Kier alpha value is -1.89. The van der Waals surface area contributed by atoms with Crippen LogP contribution < -0.4 is 4.72 Å². The third kappa shape index (κ3) is 3.56. The highest BCUT2D eigenvalue weighted by molar-refractivity contribution is 7.89. The first-order chi connectivity index (χ1) is 8.51. The Labute approximate surface area is 107 Å². The van der Waals surface area contributed by atoms with E-state index >= 15 is 0 Å². The van der Waals surface area contributed by atoms with Crippen molar-refractivity contribution in [2.45, 2.75) is 24.7 Å². The second kappa shape index (κ2) is 6.15. The summed E-state index contributed by atoms with van der Waals surface area (Å²) in [4.78, 5) is 0.135. The Morgan fingerprint density at radius 2 is 2.06 bits per heavy atom. The molecule has 0 saturated heterocycles. The van der Waals surface area contributed by atoms with Crippen molar-refractivity contribution in [2.75, 3.05) is 6.54 Å². The standard InChI is InChI=1S/C12H13N3O2S/c1-10-8-12(5-4-11(10)9-14)18(16,17)15-7-3-2-6-13/h4-5,8,15H,2-3,7H2,1H3. The number of aryl methyl sites for hydroxylation is 1. The van der Waals surface area contributed by atoms with Crippen LogP contribution in [0.25, 0.3) is 0 Å². The number of rotatable bonds is 5. The molecule has 1 N–H and O–H groups in total. The van der Waals surface area contributed by atoms with Gasteiger partial charge in [0.2, 0.25) is 10.0 Å². The van der Waals surface area contributed by atoms with Gasteiger partial charge in [-0.15, -0.1) is 0 Å². The van der Waals surface area contributed by atoms with Gasteiger partial charge < -0.3 is 0 Å². The van der Waals surface area contributed by atoms with E-state index in [0.29, 0.717) is 24.0 Å². The molecule has 0 spiro atoms. The number of nitriles is 2. The van der Waals surface area contributed by atoms with Crippen LogP contribution >= 0.6 is 0 Å². The first-order valence-electron chi connectivity index (χ1n) is 5.38. The molecule has 1 aromatic carbocycles. The maximum atomic E-state index is 11.9. The number of benzene rings is 1. The molecule has 0 amide bonds. The van der Waals surface area contributed by atoms with Crippen LogP contribution in [0.3, 0.4) is 0 Å². The van der Waals surface area contributed by atoms with Crippen molar-refractivity contribution in [3.8, 4) is 12.1 Å². The minimum Gasteiger partial charge on any atom is -0.211 e. The van der Waals surface area contributed by atoms with Gasteiger partial charge >= 0.3 is 0 Å². The van der Waals surface area contributed by atoms with Crippen molar-refractivity contribution in [3.05, 3.63) is 29.3 Å². The molecule has 0 fully saturated rings. The maximum Gasteiger partial charge on any atom is 0.240 e. The van der Waals surface area contributed by atoms with E-state index in [1.807, 2.05) is 12.1 Å². The average molecular weight is 263 g/mol. The summed E-state index contributed by atoms with van der Waals surface area (Å²) in [5.74, 6) is 0. The highest BCUT2D eigenvalue weighted by Gasteiger charge is 2.14. The van der Waals surface area contributed by atoms with Crippen LogP contribution in [0.4, 0.5) is 0 Å². The number of sulfonamides is 1. The minimum atomic E-state index is -3.56. The normalized spacial score (nSPS) is 10.6. The lowest BCUT2D eigenvalue weighted by atomic mass is 10.1. The molecule has 0 saturated carbocycles. The molecule has 6 heteroatoms. The first kappa shape index (κ1) is 14.2. The summed E-state index contributed by atoms with van der Waals surface area (Å²) < 4.78 is 26.2. The fourth-order valence-electron chi connectivity index (χ4n) is 1.39. The highest BCUT2D eigenvalue weighted by atomic mass is 32.2. The van der Waals surface area contributed by atoms with Crippen LogP contribution in [0.15, 0.2) is 23.1 Å². The van der Waals surface area contributed by atoms with Crippen LogP contribution in [0, 0.1) is 29.6 Å². The van der Waals surface area contributed by atoms with Crippen LogP contribution in [0.2, 0.25) is 0 Å². The van der Waals surface area contributed by atoms with Crippen molar-refractivity contribution in [1.82, 2.24) is 4.72 Å². The SMILES string of the molecule is Cc1cc(S(=O)(=O)NCCCC#N)ccc1C#N. The van der Waals surface area contributed by atoms with E-state index in [1.54, 1.807) is 6.92 Å². The van der Waals surface area contributed by atoms with Gasteiger partial charge in [0.1, 0.15) is 0 Å². The Kier molecular flexibility index (Phi) is 4.85. The summed E-state index contributed by atoms with van der Waals surface area (Å²) in [6, 6.07) is 8.28. The molecule has 0 aromatic heterocycles. The van der Waals surface area contributed by atoms with Crippen molar-refractivity contribution < 1.29 is 8.42 Å². The summed E-state index contributed by atoms with van der Waals surface area (Å²) in [5.41, 5.74) is 1.08. The van der Waals surface area contributed by atoms with Gasteiger partial charge in [-0.1, -0.05) is 0 Å². The largest absolute Gasteiger partial charge is 0.240 e. The highest BCUT2D eigenvalue weighted by Crippen LogP contribution is 2.14. The lowest BCUT2D eigenvalue weighted by Gasteiger charge is -2.07. The Balaban J connectivity index is 2.84. The number of hydrogen-bond donors (Lipinski definition) is 1. The number of nitrogens with one attached hydrogen (secondary N) is 1. The second-order valence-electron chi connectivity index (χ2n) is 3.75. The quantitative estimate of drug-likeness (QED) is 0.813. The summed E-state index contributed by atoms with van der Waals surface area (Å²) in [7, 11) is -3.56. The fraction of sp³-hybridized carbons (Fsp3) is 0.333. The molecule has 5 nitrogen and oxygen atoms in total. The molecule has 94 valence electrons. The molecule has 0 atom stereocenters. The predicted molar refractivity (Wildman–Crippen MR) is 65.9 cm³/mol. The predicted octanol–water partition coefficient (Wildman–Crippen LogP) is 1.45. The van der Waals surface area contributed by atoms with Crippen LogP contribution in [-0.2, 0) is 10.0 Å². The van der Waals surface area contributed by atoms with E-state index < -0.39 is 10.0 Å². The number of unbranched alkanes of at least 4 members (excludes halogenated alkanes) is 1. The molecule has 0 aliphatic heterocycles. The fourth-order valence-corrected chi connectivity index (χ4v) is 2.54. The minimum absolute atomic E-state index is 0.135. The Morgan fingerprint density at radius 3 is 2.61 bits per heavy atom. The Bertz CT molecular complexity index is 609. The van der Waals surface area contributed by atoms with Crippen molar-refractivity contribution in [2.24, 2.45) is 0 Å². The van der Waals surface area contributed by atoms with E-state index in [4.69, 9.17) is 10.5 Å². The smallest absolute Gasteiger partial charge is 0.211 e. The molecule has 0 bridgehead atoms. The zero-order valence-corrected chi connectivity index (χ0v) is 10.8. The molecule has 0 radical (unpaired) electrons. The molecular formula is C12H13N3O2S. The van der Waals surface area contributed by atoms with E-state index in [2.05, 4.69) is 4.72 Å². The van der Waals surface area contributed by atoms with Gasteiger partial charge in [-0.05, 0) is 37.1 Å². The molecule has 0 aliphatic carbocycles. The monoisotopic (exact) mass is 263 g/mol. The molecule has 18 heavy (non-hydrogen) atoms. The van der Waals surface area contributed by atoms with Crippen molar-refractivity contribution >= 4 is 10.0 Å². The molecule has 0 aliphatic rings. The van der Waals surface area contributed by atoms with Gasteiger partial charge in [0.25, 0.3) is 0 Å². The number of nitrogens with zero attached hydrogens (tertiary/aromatic N) is 2. The van der Waals surface area contributed by atoms with E-state index in [1.165, 1.54) is 18.2 Å². The zero-order valence-electron chi connectivity index (χ0n) is 9.97. The average Bonchev–Trinajstić information content (AvgIpc) is 2.34. The van der Waals surface area contributed by atoms with Crippen LogP contribution in [0.5, 0.6) is 0 Å². The van der Waals surface area contributed by atoms with Gasteiger partial charge in [-0.3, -0.25) is 0 Å². The summed E-state index contributed by atoms with van der Waals surface area (Å²) >= 11 is 0. The second-order valence-corrected chi connectivity index (χ2v) is 5.51. The molecule has 0 heterocycles. The topological polar surface area (TPSA) is 93.8 Å². The van der Waals surface area contributed by atoms with Gasteiger partial charge in [0.05, 0.1) is 22.6 Å². The summed E-state index contributed by atoms with van der Waals surface area (Å²) in [5, 5.41) is 17.1. The van der Waals surface area contributed by atoms with Gasteiger partial charge in [0.15, 0.2) is 0 Å².